The standard InChI is InChI=1S/C23H19ClN8O2/c1-14-5-15(2)7-17(6-14)32-22-18(9-27-32)23(34)30(13-26-22)10-21(33)29-19-8-16(24)3-4-20(19)31-12-25-11-28-31/h3-9,11-13H,10H2,1-2H3,(H,29,33). The maximum atomic E-state index is 13.0. The van der Waals surface area contributed by atoms with Gasteiger partial charge in [0.1, 0.15) is 30.9 Å². The van der Waals surface area contributed by atoms with Gasteiger partial charge in [0.25, 0.3) is 5.56 Å². The lowest BCUT2D eigenvalue weighted by molar-refractivity contribution is -0.116. The summed E-state index contributed by atoms with van der Waals surface area (Å²) in [5.41, 5.74) is 4.06. The van der Waals surface area contributed by atoms with Crippen LogP contribution >= 0.6 is 11.6 Å². The molecule has 0 spiro atoms. The van der Waals surface area contributed by atoms with Crippen molar-refractivity contribution in [3.05, 3.63) is 88.1 Å². The molecule has 3 heterocycles. The number of carbonyl (C=O) groups is 1. The SMILES string of the molecule is Cc1cc(C)cc(-n2ncc3c(=O)n(CC(=O)Nc4cc(Cl)ccc4-n4cncn4)cnc32)c1. The molecular formula is C23H19ClN8O2. The van der Waals surface area contributed by atoms with Crippen LogP contribution in [0.5, 0.6) is 0 Å². The summed E-state index contributed by atoms with van der Waals surface area (Å²) in [6, 6.07) is 11.0. The number of halogens is 1. The number of aromatic nitrogens is 7. The van der Waals surface area contributed by atoms with Crippen molar-refractivity contribution in [2.24, 2.45) is 0 Å². The van der Waals surface area contributed by atoms with Gasteiger partial charge in [-0.05, 0) is 55.3 Å². The van der Waals surface area contributed by atoms with Crippen molar-refractivity contribution in [1.82, 2.24) is 34.1 Å². The van der Waals surface area contributed by atoms with E-state index >= 15 is 0 Å². The van der Waals surface area contributed by atoms with E-state index in [9.17, 15) is 9.59 Å². The van der Waals surface area contributed by atoms with Crippen LogP contribution in [0.15, 0.2) is 66.4 Å². The third kappa shape index (κ3) is 4.06. The molecule has 0 fully saturated rings. The fourth-order valence-electron chi connectivity index (χ4n) is 3.81. The molecule has 170 valence electrons. The summed E-state index contributed by atoms with van der Waals surface area (Å²) in [6.07, 6.45) is 5.71. The van der Waals surface area contributed by atoms with Gasteiger partial charge in [-0.2, -0.15) is 10.2 Å². The van der Waals surface area contributed by atoms with Gasteiger partial charge >= 0.3 is 0 Å². The third-order valence-electron chi connectivity index (χ3n) is 5.22. The van der Waals surface area contributed by atoms with Gasteiger partial charge in [0.2, 0.25) is 5.91 Å². The summed E-state index contributed by atoms with van der Waals surface area (Å²) in [7, 11) is 0. The second kappa shape index (κ2) is 8.56. The van der Waals surface area contributed by atoms with Gasteiger partial charge in [0, 0.05) is 5.02 Å². The number of amides is 1. The topological polar surface area (TPSA) is 113 Å². The molecule has 0 aliphatic carbocycles. The number of hydrogen-bond donors (Lipinski definition) is 1. The maximum absolute atomic E-state index is 13.0. The van der Waals surface area contributed by atoms with Crippen LogP contribution < -0.4 is 10.9 Å². The first-order valence-electron chi connectivity index (χ1n) is 10.4. The average molecular weight is 475 g/mol. The van der Waals surface area contributed by atoms with Gasteiger partial charge in [-0.1, -0.05) is 17.7 Å². The summed E-state index contributed by atoms with van der Waals surface area (Å²) >= 11 is 6.11. The van der Waals surface area contributed by atoms with Crippen LogP contribution in [0.25, 0.3) is 22.4 Å². The molecular weight excluding hydrogens is 456 g/mol. The minimum atomic E-state index is -0.423. The smallest absolute Gasteiger partial charge is 0.264 e. The molecule has 10 nitrogen and oxygen atoms in total. The highest BCUT2D eigenvalue weighted by Crippen LogP contribution is 2.24. The van der Waals surface area contributed by atoms with Crippen molar-refractivity contribution in [1.29, 1.82) is 0 Å². The van der Waals surface area contributed by atoms with Crippen molar-refractivity contribution in [3.8, 4) is 11.4 Å². The lowest BCUT2D eigenvalue weighted by atomic mass is 10.1. The second-order valence-electron chi connectivity index (χ2n) is 7.87. The number of nitrogens with zero attached hydrogens (tertiary/aromatic N) is 7. The van der Waals surface area contributed by atoms with E-state index in [1.54, 1.807) is 22.9 Å². The molecule has 0 saturated carbocycles. The molecule has 5 aromatic rings. The Morgan fingerprint density at radius 3 is 2.59 bits per heavy atom. The van der Waals surface area contributed by atoms with Gasteiger partial charge in [-0.3, -0.25) is 14.2 Å². The Kier molecular flexibility index (Phi) is 5.42. The van der Waals surface area contributed by atoms with E-state index in [1.807, 2.05) is 26.0 Å². The van der Waals surface area contributed by atoms with Crippen molar-refractivity contribution in [2.75, 3.05) is 5.32 Å². The zero-order valence-corrected chi connectivity index (χ0v) is 19.1. The van der Waals surface area contributed by atoms with Crippen molar-refractivity contribution >= 4 is 34.2 Å². The number of fused-ring (bicyclic) bond motifs is 1. The van der Waals surface area contributed by atoms with Crippen LogP contribution in [0.4, 0.5) is 5.69 Å². The van der Waals surface area contributed by atoms with E-state index in [0.717, 1.165) is 16.8 Å². The molecule has 3 aromatic heterocycles. The summed E-state index contributed by atoms with van der Waals surface area (Å²) in [6.45, 7) is 3.75. The fraction of sp³-hybridized carbons (Fsp3) is 0.130. The summed E-state index contributed by atoms with van der Waals surface area (Å²) in [4.78, 5) is 34.2. The predicted octanol–water partition coefficient (Wildman–Crippen LogP) is 3.07. The molecule has 0 unspecified atom stereocenters. The van der Waals surface area contributed by atoms with Gasteiger partial charge in [0.05, 0.1) is 23.3 Å². The van der Waals surface area contributed by atoms with E-state index in [-0.39, 0.29) is 12.1 Å². The van der Waals surface area contributed by atoms with E-state index in [0.29, 0.717) is 27.4 Å². The van der Waals surface area contributed by atoms with Crippen molar-refractivity contribution in [3.63, 3.8) is 0 Å². The van der Waals surface area contributed by atoms with Gasteiger partial charge < -0.3 is 5.32 Å². The molecule has 0 aliphatic heterocycles. The molecule has 0 radical (unpaired) electrons. The van der Waals surface area contributed by atoms with E-state index in [4.69, 9.17) is 11.6 Å². The second-order valence-corrected chi connectivity index (χ2v) is 8.30. The first-order valence-corrected chi connectivity index (χ1v) is 10.7. The van der Waals surface area contributed by atoms with Gasteiger partial charge in [-0.15, -0.1) is 0 Å². The lowest BCUT2D eigenvalue weighted by Gasteiger charge is -2.12. The van der Waals surface area contributed by atoms with Crippen LogP contribution in [0.3, 0.4) is 0 Å². The van der Waals surface area contributed by atoms with E-state index in [1.165, 1.54) is 34.4 Å². The maximum Gasteiger partial charge on any atom is 0.264 e. The Balaban J connectivity index is 1.43. The normalized spacial score (nSPS) is 11.1. The third-order valence-corrected chi connectivity index (χ3v) is 5.45. The number of rotatable bonds is 5. The number of nitrogens with one attached hydrogen (secondary N) is 1. The summed E-state index contributed by atoms with van der Waals surface area (Å²) in [5.74, 6) is -0.423. The lowest BCUT2D eigenvalue weighted by Crippen LogP contribution is -2.28. The molecule has 1 N–H and O–H groups in total. The number of anilines is 1. The molecule has 0 atom stereocenters. The number of hydrogen-bond acceptors (Lipinski definition) is 6. The van der Waals surface area contributed by atoms with Crippen molar-refractivity contribution in [2.45, 2.75) is 20.4 Å². The average Bonchev–Trinajstić information content (AvgIpc) is 3.46. The zero-order chi connectivity index (χ0) is 23.8. The monoisotopic (exact) mass is 474 g/mol. The Bertz CT molecular complexity index is 1570. The number of aryl methyl sites for hydroxylation is 2. The molecule has 11 heteroatoms. The summed E-state index contributed by atoms with van der Waals surface area (Å²) < 4.78 is 4.37. The highest BCUT2D eigenvalue weighted by molar-refractivity contribution is 6.31. The number of carbonyl (C=O) groups excluding carboxylic acids is 1. The Labute approximate surface area is 198 Å². The molecule has 0 saturated heterocycles. The van der Waals surface area contributed by atoms with Crippen molar-refractivity contribution < 1.29 is 4.79 Å². The Morgan fingerprint density at radius 2 is 1.85 bits per heavy atom. The highest BCUT2D eigenvalue weighted by atomic mass is 35.5. The summed E-state index contributed by atoms with van der Waals surface area (Å²) in [5, 5.41) is 12.0. The van der Waals surface area contributed by atoms with Crippen LogP contribution in [0, 0.1) is 13.8 Å². The molecule has 5 rings (SSSR count). The first kappa shape index (κ1) is 21.5. The first-order chi connectivity index (χ1) is 16.4. The molecule has 0 aliphatic rings. The predicted molar refractivity (Wildman–Crippen MR) is 128 cm³/mol. The minimum Gasteiger partial charge on any atom is -0.323 e. The highest BCUT2D eigenvalue weighted by Gasteiger charge is 2.15. The Hall–Kier alpha value is -4.31. The number of benzene rings is 2. The Morgan fingerprint density at radius 1 is 1.06 bits per heavy atom. The minimum absolute atomic E-state index is 0.236. The van der Waals surface area contributed by atoms with Gasteiger partial charge in [-0.25, -0.2) is 19.3 Å². The van der Waals surface area contributed by atoms with Gasteiger partial charge in [0.15, 0.2) is 5.65 Å². The van der Waals surface area contributed by atoms with Crippen LogP contribution in [-0.4, -0.2) is 40.0 Å². The van der Waals surface area contributed by atoms with E-state index in [2.05, 4.69) is 31.5 Å². The molecule has 0 bridgehead atoms. The van der Waals surface area contributed by atoms with E-state index < -0.39 is 5.91 Å². The zero-order valence-electron chi connectivity index (χ0n) is 18.3. The molecule has 2 aromatic carbocycles. The molecule has 1 amide bonds. The van der Waals surface area contributed by atoms with Crippen LogP contribution in [0.2, 0.25) is 5.02 Å². The van der Waals surface area contributed by atoms with Crippen LogP contribution in [-0.2, 0) is 11.3 Å². The fourth-order valence-corrected chi connectivity index (χ4v) is 3.98. The molecule has 34 heavy (non-hydrogen) atoms. The van der Waals surface area contributed by atoms with Crippen LogP contribution in [0.1, 0.15) is 11.1 Å². The largest absolute Gasteiger partial charge is 0.323 e. The quantitative estimate of drug-likeness (QED) is 0.419.